The molecule has 16 aromatic rings. The molecule has 0 N–H and O–H groups in total. The van der Waals surface area contributed by atoms with Gasteiger partial charge in [0, 0.05) is 68.2 Å². The SMILES string of the molecule is Cc1cc(C)cc(N(c2ccc(C3CCCCC3)cc2)c2cc(C)c3cc(N(c4ccc(C5CCC(c6cccc7cc(N(c8ccc9ccccc9c8)c8cc(C)c9cc(N(c%10ccc%11ccccc%11c%10)c%10ccc%11ccccc%11c%10)cc(C)c9c8)ccc67)CC5)cc4)c4cc(C)cc(C)c4)cc(C)c3c2)c1. The van der Waals surface area contributed by atoms with Crippen LogP contribution in [0.4, 0.5) is 68.2 Å². The Bertz CT molecular complexity index is 6010. The molecule has 0 unspecified atom stereocenters. The van der Waals surface area contributed by atoms with E-state index in [0.717, 1.165) is 59.8 Å². The van der Waals surface area contributed by atoms with E-state index in [1.54, 1.807) is 0 Å². The van der Waals surface area contributed by atoms with Crippen LogP contribution in [-0.2, 0) is 0 Å². The maximum atomic E-state index is 2.50. The maximum Gasteiger partial charge on any atom is 0.0470 e. The summed E-state index contributed by atoms with van der Waals surface area (Å²) >= 11 is 0. The molecule has 2 saturated carbocycles. The second-order valence-electron chi connectivity index (χ2n) is 31.7. The van der Waals surface area contributed by atoms with Gasteiger partial charge in [-0.05, 0) is 383 Å². The number of rotatable bonds is 15. The van der Waals surface area contributed by atoms with E-state index in [4.69, 9.17) is 0 Å². The smallest absolute Gasteiger partial charge is 0.0470 e. The van der Waals surface area contributed by atoms with Gasteiger partial charge < -0.3 is 19.6 Å². The largest absolute Gasteiger partial charge is 0.310 e. The minimum absolute atomic E-state index is 0.476. The molecular weight excluding hydrogens is 1310 g/mol. The molecule has 0 amide bonds. The average Bonchev–Trinajstić information content (AvgIpc) is 0.759. The molecule has 530 valence electrons. The minimum Gasteiger partial charge on any atom is -0.310 e. The Hall–Kier alpha value is -11.7. The lowest BCUT2D eigenvalue weighted by molar-refractivity contribution is 0.398. The molecule has 16 aromatic carbocycles. The Morgan fingerprint density at radius 3 is 0.870 bits per heavy atom. The van der Waals surface area contributed by atoms with Gasteiger partial charge in [-0.3, -0.25) is 0 Å². The predicted molar refractivity (Wildman–Crippen MR) is 464 cm³/mol. The first kappa shape index (κ1) is 68.1. The molecule has 2 aliphatic rings. The van der Waals surface area contributed by atoms with Crippen LogP contribution in [0.25, 0.3) is 64.6 Å². The number of nitrogens with zero attached hydrogens (tertiary/aromatic N) is 4. The first-order valence-electron chi connectivity index (χ1n) is 39.4. The Kier molecular flexibility index (Phi) is 18.0. The van der Waals surface area contributed by atoms with Gasteiger partial charge in [0.1, 0.15) is 0 Å². The summed E-state index contributed by atoms with van der Waals surface area (Å²) in [6, 6.07) is 114. The number of hydrogen-bond acceptors (Lipinski definition) is 4. The maximum absolute atomic E-state index is 2.50. The van der Waals surface area contributed by atoms with Crippen molar-refractivity contribution < 1.29 is 0 Å². The number of hydrogen-bond donors (Lipinski definition) is 0. The van der Waals surface area contributed by atoms with E-state index in [0.29, 0.717) is 17.8 Å². The second kappa shape index (κ2) is 28.5. The molecule has 108 heavy (non-hydrogen) atoms. The van der Waals surface area contributed by atoms with Crippen molar-refractivity contribution in [3.05, 3.63) is 358 Å². The van der Waals surface area contributed by atoms with Crippen molar-refractivity contribution in [2.45, 2.75) is 131 Å². The Morgan fingerprint density at radius 1 is 0.194 bits per heavy atom. The van der Waals surface area contributed by atoms with Gasteiger partial charge in [0.2, 0.25) is 0 Å². The number of anilines is 12. The average molecular weight is 1400 g/mol. The summed E-state index contributed by atoms with van der Waals surface area (Å²) in [7, 11) is 0. The molecule has 0 bridgehead atoms. The molecule has 0 spiro atoms. The molecule has 0 saturated heterocycles. The summed E-state index contributed by atoms with van der Waals surface area (Å²) in [5.74, 6) is 1.63. The number of benzene rings is 16. The quantitative estimate of drug-likeness (QED) is 0.101. The van der Waals surface area contributed by atoms with Crippen LogP contribution in [0, 0.1) is 55.4 Å². The molecule has 2 fully saturated rings. The second-order valence-corrected chi connectivity index (χ2v) is 31.7. The van der Waals surface area contributed by atoms with Gasteiger partial charge in [-0.2, -0.15) is 0 Å². The van der Waals surface area contributed by atoms with Gasteiger partial charge >= 0.3 is 0 Å². The van der Waals surface area contributed by atoms with Crippen molar-refractivity contribution in [2.24, 2.45) is 0 Å². The van der Waals surface area contributed by atoms with E-state index in [2.05, 4.69) is 372 Å². The zero-order valence-electron chi connectivity index (χ0n) is 63.7. The fourth-order valence-corrected chi connectivity index (χ4v) is 18.7. The monoisotopic (exact) mass is 1400 g/mol. The molecule has 0 aliphatic heterocycles. The van der Waals surface area contributed by atoms with Crippen LogP contribution in [0.2, 0.25) is 0 Å². The van der Waals surface area contributed by atoms with Crippen LogP contribution < -0.4 is 19.6 Å². The van der Waals surface area contributed by atoms with Crippen molar-refractivity contribution in [3.63, 3.8) is 0 Å². The van der Waals surface area contributed by atoms with E-state index < -0.39 is 0 Å². The Balaban J connectivity index is 0.630. The number of fused-ring (bicyclic) bond motifs is 6. The predicted octanol–water partition coefficient (Wildman–Crippen LogP) is 30.4. The third kappa shape index (κ3) is 13.2. The van der Waals surface area contributed by atoms with E-state index in [-0.39, 0.29) is 0 Å². The molecule has 18 rings (SSSR count). The Labute approximate surface area is 637 Å². The summed E-state index contributed by atoms with van der Waals surface area (Å²) < 4.78 is 0. The zero-order valence-corrected chi connectivity index (χ0v) is 63.7. The molecule has 4 nitrogen and oxygen atoms in total. The lowest BCUT2D eigenvalue weighted by atomic mass is 9.75. The molecule has 2 aliphatic carbocycles. The van der Waals surface area contributed by atoms with Gasteiger partial charge in [-0.15, -0.1) is 0 Å². The highest BCUT2D eigenvalue weighted by Crippen LogP contribution is 2.49. The molecule has 0 atom stereocenters. The van der Waals surface area contributed by atoms with Crippen LogP contribution >= 0.6 is 0 Å². The standard InChI is InChI=1S/C104H94N4/c1-67-49-68(2)52-93(51-67)105(87-40-33-80(34-41-87)75-19-10-9-11-20-75)95-55-71(5)102-64-96(56-72(6)101(102)63-95)106(94-53-69(3)50-70(4)54-94)88-42-35-81(36-43-88)79-29-31-82(32-30-79)99-28-18-27-86-62-92(47-48-100(86)99)108(91-46-39-78-23-14-17-26-85(78)61-91)98-58-74(8)103-65-97(57-73(7)104(103)66-98)107(89-44-37-76-21-12-15-24-83(76)59-89)90-45-38-77-22-13-16-25-84(77)60-90/h12-18,21-28,33-66,75,79,82H,9-11,19-20,29-32H2,1-8H3. The summed E-state index contributed by atoms with van der Waals surface area (Å²) in [4.78, 5) is 9.91. The lowest BCUT2D eigenvalue weighted by Gasteiger charge is -2.31. The van der Waals surface area contributed by atoms with Gasteiger partial charge in [0.25, 0.3) is 0 Å². The van der Waals surface area contributed by atoms with E-state index >= 15 is 0 Å². The van der Waals surface area contributed by atoms with E-state index in [9.17, 15) is 0 Å². The third-order valence-corrected chi connectivity index (χ3v) is 24.0. The van der Waals surface area contributed by atoms with Crippen LogP contribution in [0.1, 0.15) is 137 Å². The molecule has 4 heteroatoms. The van der Waals surface area contributed by atoms with Crippen LogP contribution in [0.15, 0.2) is 297 Å². The summed E-state index contributed by atoms with van der Waals surface area (Å²) in [5, 5.41) is 15.0. The highest BCUT2D eigenvalue weighted by molar-refractivity contribution is 6.02. The van der Waals surface area contributed by atoms with Crippen molar-refractivity contribution in [1.29, 1.82) is 0 Å². The summed E-state index contributed by atoms with van der Waals surface area (Å²) in [6.07, 6.45) is 11.2. The lowest BCUT2D eigenvalue weighted by Crippen LogP contribution is -2.14. The minimum atomic E-state index is 0.476. The first-order chi connectivity index (χ1) is 52.7. The van der Waals surface area contributed by atoms with Crippen LogP contribution in [0.5, 0.6) is 0 Å². The first-order valence-corrected chi connectivity index (χ1v) is 39.4. The normalized spacial score (nSPS) is 14.9. The van der Waals surface area contributed by atoms with Crippen molar-refractivity contribution in [3.8, 4) is 0 Å². The van der Waals surface area contributed by atoms with Gasteiger partial charge in [0.15, 0.2) is 0 Å². The van der Waals surface area contributed by atoms with E-state index in [1.807, 2.05) is 0 Å². The fourth-order valence-electron chi connectivity index (χ4n) is 18.7. The van der Waals surface area contributed by atoms with Gasteiger partial charge in [0.05, 0.1) is 0 Å². The van der Waals surface area contributed by atoms with Gasteiger partial charge in [-0.1, -0.05) is 171 Å². The molecular formula is C104H94N4. The fraction of sp³-hybridized carbons (Fsp3) is 0.192. The Morgan fingerprint density at radius 2 is 0.491 bits per heavy atom. The highest BCUT2D eigenvalue weighted by Gasteiger charge is 2.28. The van der Waals surface area contributed by atoms with E-state index in [1.165, 1.54) is 192 Å². The topological polar surface area (TPSA) is 13.0 Å². The summed E-state index contributed by atoms with van der Waals surface area (Å²) in [6.45, 7) is 18.1. The molecule has 0 heterocycles. The molecule has 0 radical (unpaired) electrons. The van der Waals surface area contributed by atoms with Crippen molar-refractivity contribution >= 4 is 133 Å². The zero-order chi connectivity index (χ0) is 73.3. The van der Waals surface area contributed by atoms with Gasteiger partial charge in [-0.25, -0.2) is 0 Å². The van der Waals surface area contributed by atoms with Crippen molar-refractivity contribution in [2.75, 3.05) is 19.6 Å². The highest BCUT2D eigenvalue weighted by atomic mass is 15.2. The number of aryl methyl sites for hydroxylation is 8. The third-order valence-electron chi connectivity index (χ3n) is 24.0. The van der Waals surface area contributed by atoms with Crippen molar-refractivity contribution in [1.82, 2.24) is 0 Å². The molecule has 0 aromatic heterocycles. The summed E-state index contributed by atoms with van der Waals surface area (Å²) in [5.41, 5.74) is 28.4. The van der Waals surface area contributed by atoms with Crippen LogP contribution in [-0.4, -0.2) is 0 Å². The van der Waals surface area contributed by atoms with Crippen LogP contribution in [0.3, 0.4) is 0 Å².